The molecule has 4 N–H and O–H groups in total. The van der Waals surface area contributed by atoms with Crippen LogP contribution in [-0.2, 0) is 10.0 Å². The summed E-state index contributed by atoms with van der Waals surface area (Å²) in [4.78, 5) is 0. The molecule has 0 unspecified atom stereocenters. The summed E-state index contributed by atoms with van der Waals surface area (Å²) >= 11 is 5.44. The van der Waals surface area contributed by atoms with Crippen LogP contribution in [0, 0.1) is 0 Å². The van der Waals surface area contributed by atoms with E-state index in [1.807, 2.05) is 0 Å². The maximum absolute atomic E-state index is 4.90. The maximum atomic E-state index is 4.90. The molecule has 0 saturated heterocycles. The Kier molecular flexibility index (Phi) is 25.2. The van der Waals surface area contributed by atoms with Crippen LogP contribution in [0.2, 0.25) is 0 Å². The van der Waals surface area contributed by atoms with Crippen LogP contribution in [0.25, 0.3) is 0 Å². The topological polar surface area (TPSA) is 52.0 Å². The van der Waals surface area contributed by atoms with Crippen LogP contribution in [0.3, 0.4) is 0 Å². The Morgan fingerprint density at radius 2 is 1.29 bits per heavy atom. The molecule has 0 heterocycles. The molecule has 0 bridgehead atoms. The van der Waals surface area contributed by atoms with Crippen molar-refractivity contribution >= 4 is 27.4 Å². The summed E-state index contributed by atoms with van der Waals surface area (Å²) in [5.41, 5.74) is 9.81. The van der Waals surface area contributed by atoms with E-state index in [-0.39, 0.29) is 0 Å². The predicted molar refractivity (Wildman–Crippen MR) is 29.6 cm³/mol. The Labute approximate surface area is 61.8 Å². The third-order valence-corrected chi connectivity index (χ3v) is 0.167. The molecule has 2 nitrogen and oxygen atoms in total. The minimum absolute atomic E-state index is 0.597. The van der Waals surface area contributed by atoms with Gasteiger partial charge in [0.2, 0.25) is 0 Å². The second-order valence-corrected chi connectivity index (χ2v) is 6.76. The molecule has 0 aromatic carbocycles. The van der Waals surface area contributed by atoms with Crippen molar-refractivity contribution in [3.63, 3.8) is 0 Å². The molecule has 0 aliphatic rings. The second-order valence-electron chi connectivity index (χ2n) is 0.633. The van der Waals surface area contributed by atoms with Gasteiger partial charge in [0.25, 0.3) is 0 Å². The van der Waals surface area contributed by atoms with Gasteiger partial charge in [-0.05, 0) is 0 Å². The first-order valence-corrected chi connectivity index (χ1v) is 7.15. The molecule has 0 spiro atoms. The third-order valence-electron chi connectivity index (χ3n) is 0.167. The molecule has 0 atom stereocenters. The van der Waals surface area contributed by atoms with Crippen LogP contribution >= 0.6 is 0 Å². The molecule has 0 aliphatic heterocycles. The van der Waals surface area contributed by atoms with Crippen molar-refractivity contribution in [2.24, 2.45) is 11.5 Å². The second kappa shape index (κ2) is 15.7. The molecule has 0 aromatic rings. The molecular formula is C2H8CoN2Se2. The minimum atomic E-state index is 0.597. The van der Waals surface area contributed by atoms with Crippen molar-refractivity contribution in [3.05, 3.63) is 0 Å². The quantitative estimate of drug-likeness (QED) is 0.552. The summed E-state index contributed by atoms with van der Waals surface area (Å²) in [7, 11) is 1.19. The van der Waals surface area contributed by atoms with Gasteiger partial charge >= 0.3 is 37.4 Å². The van der Waals surface area contributed by atoms with Crippen molar-refractivity contribution in [1.29, 1.82) is 0 Å². The van der Waals surface area contributed by atoms with E-state index < -0.39 is 0 Å². The van der Waals surface area contributed by atoms with E-state index >= 15 is 0 Å². The van der Waals surface area contributed by atoms with Gasteiger partial charge < -0.3 is 11.5 Å². The summed E-state index contributed by atoms with van der Waals surface area (Å²) in [6, 6.07) is 0. The fourth-order valence-electron chi connectivity index (χ4n) is 0. The molecule has 5 heteroatoms. The van der Waals surface area contributed by atoms with E-state index in [1.54, 1.807) is 0 Å². The fraction of sp³-hybridized carbons (Fsp3) is 1.00. The van der Waals surface area contributed by atoms with E-state index in [9.17, 15) is 0 Å². The van der Waals surface area contributed by atoms with Gasteiger partial charge in [-0.15, -0.1) is 0 Å². The molecule has 0 saturated carbocycles. The molecule has 0 aromatic heterocycles. The number of rotatable bonds is 1. The zero-order valence-electron chi connectivity index (χ0n) is 3.72. The van der Waals surface area contributed by atoms with Crippen molar-refractivity contribution in [1.82, 2.24) is 0 Å². The van der Waals surface area contributed by atoms with Crippen LogP contribution in [0.1, 0.15) is 0 Å². The van der Waals surface area contributed by atoms with Gasteiger partial charge in [0.1, 0.15) is 0 Å². The van der Waals surface area contributed by atoms with E-state index in [0.717, 1.165) is 0 Å². The molecule has 47 valence electrons. The van der Waals surface area contributed by atoms with Crippen LogP contribution in [0.15, 0.2) is 0 Å². The molecule has 0 radical (unpaired) electrons. The predicted octanol–water partition coefficient (Wildman–Crippen LogP) is -1.86. The zero-order valence-corrected chi connectivity index (χ0v) is 8.19. The number of hydrogen-bond acceptors (Lipinski definition) is 2. The average Bonchev–Trinajstić information content (AvgIpc) is 1.69. The Hall–Kier alpha value is 1.47. The van der Waals surface area contributed by atoms with Crippen molar-refractivity contribution in [3.8, 4) is 0 Å². The number of hydrogen-bond donors (Lipinski definition) is 2. The normalized spacial score (nSPS) is 6.57. The first-order valence-electron chi connectivity index (χ1n) is 1.59. The summed E-state index contributed by atoms with van der Waals surface area (Å²) in [6.45, 7) is 1.19. The summed E-state index contributed by atoms with van der Waals surface area (Å²) in [6.07, 6.45) is 0. The molecule has 0 aliphatic carbocycles. The van der Waals surface area contributed by atoms with Gasteiger partial charge in [0.15, 0.2) is 0 Å². The molecule has 0 amide bonds. The van der Waals surface area contributed by atoms with Crippen molar-refractivity contribution in [2.75, 3.05) is 13.1 Å². The van der Waals surface area contributed by atoms with Crippen LogP contribution in [-0.4, -0.2) is 40.5 Å². The fourth-order valence-corrected chi connectivity index (χ4v) is 0. The average molecular weight is 277 g/mol. The van der Waals surface area contributed by atoms with Crippen LogP contribution in [0.4, 0.5) is 0 Å². The first-order chi connectivity index (χ1) is 3.33. The SMILES string of the molecule is NCCN.[Se]=[Co]=[Se]. The van der Waals surface area contributed by atoms with E-state index in [1.165, 1.54) is 10.0 Å². The van der Waals surface area contributed by atoms with Crippen molar-refractivity contribution < 1.29 is 10.0 Å². The van der Waals surface area contributed by atoms with Crippen LogP contribution in [0.5, 0.6) is 0 Å². The van der Waals surface area contributed by atoms with Gasteiger partial charge in [-0.3, -0.25) is 0 Å². The summed E-state index contributed by atoms with van der Waals surface area (Å²) in [5, 5.41) is 0. The molecule has 7 heavy (non-hydrogen) atoms. The van der Waals surface area contributed by atoms with Gasteiger partial charge in [0, 0.05) is 13.1 Å². The van der Waals surface area contributed by atoms with Crippen molar-refractivity contribution in [2.45, 2.75) is 0 Å². The molecule has 0 rings (SSSR count). The van der Waals surface area contributed by atoms with Gasteiger partial charge in [-0.25, -0.2) is 0 Å². The Balaban J connectivity index is 0. The van der Waals surface area contributed by atoms with Gasteiger partial charge in [0.05, 0.1) is 0 Å². The monoisotopic (exact) mass is 279 g/mol. The third kappa shape index (κ3) is 36.7. The molecule has 0 fully saturated rings. The first kappa shape index (κ1) is 11.3. The van der Waals surface area contributed by atoms with Gasteiger partial charge in [-0.1, -0.05) is 0 Å². The van der Waals surface area contributed by atoms with E-state index in [2.05, 4.69) is 27.4 Å². The van der Waals surface area contributed by atoms with E-state index in [4.69, 9.17) is 11.5 Å². The Bertz CT molecular complexity index is 49.7. The van der Waals surface area contributed by atoms with E-state index in [0.29, 0.717) is 13.1 Å². The summed E-state index contributed by atoms with van der Waals surface area (Å²) in [5.74, 6) is 0. The summed E-state index contributed by atoms with van der Waals surface area (Å²) < 4.78 is 0. The standard InChI is InChI=1S/C2H8N2.Co.2Se/c3-1-2-4;;;/h1-4H2;;;. The zero-order chi connectivity index (χ0) is 6.12. The molecular weight excluding hydrogens is 269 g/mol. The number of nitrogens with two attached hydrogens (primary N) is 2. The Morgan fingerprint density at radius 1 is 1.14 bits per heavy atom. The van der Waals surface area contributed by atoms with Crippen LogP contribution < -0.4 is 11.5 Å². The Morgan fingerprint density at radius 3 is 1.29 bits per heavy atom. The van der Waals surface area contributed by atoms with Gasteiger partial charge in [-0.2, -0.15) is 0 Å².